The highest BCUT2D eigenvalue weighted by Crippen LogP contribution is 2.40. The van der Waals surface area contributed by atoms with Crippen molar-refractivity contribution in [2.45, 2.75) is 52.4 Å². The molecule has 3 aromatic rings. The molecule has 1 heterocycles. The van der Waals surface area contributed by atoms with Crippen molar-refractivity contribution < 1.29 is 5.11 Å². The van der Waals surface area contributed by atoms with Crippen LogP contribution in [0.4, 0.5) is 0 Å². The number of imidazole rings is 1. The minimum atomic E-state index is -0.222. The van der Waals surface area contributed by atoms with E-state index in [-0.39, 0.29) is 10.8 Å². The van der Waals surface area contributed by atoms with Gasteiger partial charge in [-0.05, 0) is 46.7 Å². The van der Waals surface area contributed by atoms with E-state index in [2.05, 4.69) is 57.6 Å². The van der Waals surface area contributed by atoms with E-state index in [0.717, 1.165) is 27.7 Å². The zero-order valence-electron chi connectivity index (χ0n) is 17.4. The van der Waals surface area contributed by atoms with Crippen LogP contribution in [0.1, 0.15) is 64.1 Å². The predicted molar refractivity (Wildman–Crippen MR) is 115 cm³/mol. The van der Waals surface area contributed by atoms with Gasteiger partial charge in [0, 0.05) is 11.1 Å². The van der Waals surface area contributed by atoms with Gasteiger partial charge in [-0.1, -0.05) is 53.7 Å². The molecule has 0 saturated carbocycles. The van der Waals surface area contributed by atoms with E-state index in [9.17, 15) is 10.4 Å². The summed E-state index contributed by atoms with van der Waals surface area (Å²) in [6, 6.07) is 13.9. The lowest BCUT2D eigenvalue weighted by atomic mass is 9.78. The maximum atomic E-state index is 10.9. The van der Waals surface area contributed by atoms with Crippen LogP contribution >= 0.6 is 0 Å². The molecule has 4 heteroatoms. The molecule has 144 valence electrons. The van der Waals surface area contributed by atoms with Gasteiger partial charge in [0.1, 0.15) is 17.6 Å². The topological polar surface area (TPSA) is 72.7 Å². The van der Waals surface area contributed by atoms with Gasteiger partial charge in [0.2, 0.25) is 0 Å². The van der Waals surface area contributed by atoms with Crippen LogP contribution in [0.15, 0.2) is 36.4 Å². The van der Waals surface area contributed by atoms with Gasteiger partial charge in [0.15, 0.2) is 0 Å². The van der Waals surface area contributed by atoms with E-state index in [1.165, 1.54) is 0 Å². The Labute approximate surface area is 166 Å². The van der Waals surface area contributed by atoms with Crippen LogP contribution in [0.2, 0.25) is 0 Å². The van der Waals surface area contributed by atoms with Crippen molar-refractivity contribution >= 4 is 22.7 Å². The smallest absolute Gasteiger partial charge is 0.149 e. The Morgan fingerprint density at radius 1 is 1.04 bits per heavy atom. The Hall–Kier alpha value is -3.06. The normalized spacial score (nSPS) is 13.0. The number of nitrogens with one attached hydrogen (secondary N) is 1. The number of aromatic nitrogens is 2. The first-order valence-electron chi connectivity index (χ1n) is 9.45. The molecular weight excluding hydrogens is 346 g/mol. The van der Waals surface area contributed by atoms with Crippen molar-refractivity contribution in [1.29, 1.82) is 5.26 Å². The molecule has 28 heavy (non-hydrogen) atoms. The number of allylic oxidation sites excluding steroid dienone is 1. The third kappa shape index (κ3) is 3.80. The molecule has 0 aliphatic rings. The first-order valence-corrected chi connectivity index (χ1v) is 9.45. The average Bonchev–Trinajstić information content (AvgIpc) is 3.02. The standard InChI is InChI=1S/C24H27N3O/c1-23(2,3)17-12-15(13-18(21(17)28)24(4,5)6)11-16(14-25)22-26-19-9-7-8-10-20(19)27-22/h7-13,28H,1-6H3,(H,26,27)/b16-11+. The lowest BCUT2D eigenvalue weighted by molar-refractivity contribution is 0.423. The Morgan fingerprint density at radius 3 is 2.11 bits per heavy atom. The minimum Gasteiger partial charge on any atom is -0.507 e. The number of benzene rings is 2. The van der Waals surface area contributed by atoms with E-state index in [1.54, 1.807) is 0 Å². The van der Waals surface area contributed by atoms with E-state index in [4.69, 9.17) is 0 Å². The van der Waals surface area contributed by atoms with Gasteiger partial charge in [-0.2, -0.15) is 5.26 Å². The number of nitrogens with zero attached hydrogens (tertiary/aromatic N) is 2. The third-order valence-electron chi connectivity index (χ3n) is 4.82. The van der Waals surface area contributed by atoms with Crippen molar-refractivity contribution in [3.05, 3.63) is 58.9 Å². The number of hydrogen-bond donors (Lipinski definition) is 2. The number of H-pyrrole nitrogens is 1. The Balaban J connectivity index is 2.19. The first-order chi connectivity index (χ1) is 13.0. The van der Waals surface area contributed by atoms with E-state index in [1.807, 2.05) is 42.5 Å². The van der Waals surface area contributed by atoms with Crippen LogP contribution in [-0.2, 0) is 10.8 Å². The Bertz CT molecular complexity index is 1030. The molecular formula is C24H27N3O. The van der Waals surface area contributed by atoms with Crippen LogP contribution in [0.3, 0.4) is 0 Å². The summed E-state index contributed by atoms with van der Waals surface area (Å²) in [5, 5.41) is 20.6. The summed E-state index contributed by atoms with van der Waals surface area (Å²) in [4.78, 5) is 7.76. The summed E-state index contributed by atoms with van der Waals surface area (Å²) in [5.41, 5.74) is 4.36. The number of aromatic amines is 1. The highest BCUT2D eigenvalue weighted by atomic mass is 16.3. The summed E-state index contributed by atoms with van der Waals surface area (Å²) in [6.07, 6.45) is 1.83. The highest BCUT2D eigenvalue weighted by molar-refractivity contribution is 5.90. The van der Waals surface area contributed by atoms with Crippen molar-refractivity contribution in [2.24, 2.45) is 0 Å². The van der Waals surface area contributed by atoms with Crippen LogP contribution in [-0.4, -0.2) is 15.1 Å². The molecule has 0 aliphatic heterocycles. The molecule has 2 N–H and O–H groups in total. The van der Waals surface area contributed by atoms with Gasteiger partial charge in [0.25, 0.3) is 0 Å². The second-order valence-electron chi connectivity index (χ2n) is 9.24. The molecule has 4 nitrogen and oxygen atoms in total. The summed E-state index contributed by atoms with van der Waals surface area (Å²) in [6.45, 7) is 12.5. The van der Waals surface area contributed by atoms with Gasteiger partial charge < -0.3 is 10.1 Å². The quantitative estimate of drug-likeness (QED) is 0.547. The van der Waals surface area contributed by atoms with E-state index < -0.39 is 0 Å². The summed E-state index contributed by atoms with van der Waals surface area (Å²) < 4.78 is 0. The number of phenolic OH excluding ortho intramolecular Hbond substituents is 1. The molecule has 0 radical (unpaired) electrons. The number of phenols is 1. The summed E-state index contributed by atoms with van der Waals surface area (Å²) in [5.74, 6) is 0.880. The molecule has 1 aromatic heterocycles. The summed E-state index contributed by atoms with van der Waals surface area (Å²) >= 11 is 0. The minimum absolute atomic E-state index is 0.222. The number of nitriles is 1. The lowest BCUT2D eigenvalue weighted by Crippen LogP contribution is -2.17. The summed E-state index contributed by atoms with van der Waals surface area (Å²) in [7, 11) is 0. The van der Waals surface area contributed by atoms with Gasteiger partial charge in [-0.3, -0.25) is 0 Å². The highest BCUT2D eigenvalue weighted by Gasteiger charge is 2.26. The maximum absolute atomic E-state index is 10.9. The van der Waals surface area contributed by atoms with E-state index in [0.29, 0.717) is 17.1 Å². The van der Waals surface area contributed by atoms with Crippen LogP contribution in [0, 0.1) is 11.3 Å². The van der Waals surface area contributed by atoms with Crippen molar-refractivity contribution in [3.63, 3.8) is 0 Å². The molecule has 0 amide bonds. The van der Waals surface area contributed by atoms with Gasteiger partial charge in [-0.25, -0.2) is 4.98 Å². The van der Waals surface area contributed by atoms with Crippen molar-refractivity contribution in [2.75, 3.05) is 0 Å². The molecule has 0 bridgehead atoms. The molecule has 0 atom stereocenters. The number of rotatable bonds is 2. The molecule has 2 aromatic carbocycles. The van der Waals surface area contributed by atoms with Gasteiger partial charge >= 0.3 is 0 Å². The van der Waals surface area contributed by atoms with E-state index >= 15 is 0 Å². The Morgan fingerprint density at radius 2 is 1.61 bits per heavy atom. The zero-order chi connectivity index (χ0) is 20.7. The third-order valence-corrected chi connectivity index (χ3v) is 4.82. The number of hydrogen-bond acceptors (Lipinski definition) is 3. The molecule has 0 fully saturated rings. The lowest BCUT2D eigenvalue weighted by Gasteiger charge is -2.28. The van der Waals surface area contributed by atoms with Gasteiger partial charge in [-0.15, -0.1) is 0 Å². The predicted octanol–water partition coefficient (Wildman–Crippen LogP) is 5.93. The molecule has 0 aliphatic carbocycles. The molecule has 0 spiro atoms. The molecule has 3 rings (SSSR count). The monoisotopic (exact) mass is 373 g/mol. The number of aromatic hydroxyl groups is 1. The van der Waals surface area contributed by atoms with Gasteiger partial charge in [0.05, 0.1) is 16.6 Å². The second-order valence-corrected chi connectivity index (χ2v) is 9.24. The van der Waals surface area contributed by atoms with Crippen LogP contribution in [0.5, 0.6) is 5.75 Å². The molecule has 0 saturated heterocycles. The fourth-order valence-electron chi connectivity index (χ4n) is 3.28. The first kappa shape index (κ1) is 19.7. The van der Waals surface area contributed by atoms with Crippen LogP contribution < -0.4 is 0 Å². The largest absolute Gasteiger partial charge is 0.507 e. The zero-order valence-corrected chi connectivity index (χ0v) is 17.4. The fraction of sp³-hybridized carbons (Fsp3) is 0.333. The Kier molecular flexibility index (Phi) is 4.81. The number of para-hydroxylation sites is 2. The fourth-order valence-corrected chi connectivity index (χ4v) is 3.28. The van der Waals surface area contributed by atoms with Crippen molar-refractivity contribution in [3.8, 4) is 11.8 Å². The second kappa shape index (κ2) is 6.83. The number of fused-ring (bicyclic) bond motifs is 1. The van der Waals surface area contributed by atoms with Crippen LogP contribution in [0.25, 0.3) is 22.7 Å². The SMILES string of the molecule is CC(C)(C)c1cc(/C=C(\C#N)c2nc3ccccc3[nH]2)cc(C(C)(C)C)c1O. The average molecular weight is 374 g/mol. The van der Waals surface area contributed by atoms with Crippen molar-refractivity contribution in [1.82, 2.24) is 9.97 Å². The maximum Gasteiger partial charge on any atom is 0.149 e. The molecule has 0 unspecified atom stereocenters.